The van der Waals surface area contributed by atoms with Gasteiger partial charge in [0.2, 0.25) is 10.0 Å². The van der Waals surface area contributed by atoms with E-state index in [1.807, 2.05) is 0 Å². The van der Waals surface area contributed by atoms with E-state index in [1.54, 1.807) is 12.1 Å². The predicted octanol–water partition coefficient (Wildman–Crippen LogP) is -0.0829. The van der Waals surface area contributed by atoms with Gasteiger partial charge < -0.3 is 0 Å². The summed E-state index contributed by atoms with van der Waals surface area (Å²) in [6, 6.07) is 6.17. The number of imide groups is 1. The average Bonchev–Trinajstić information content (AvgIpc) is 2.51. The van der Waals surface area contributed by atoms with Gasteiger partial charge in [0.1, 0.15) is 0 Å². The van der Waals surface area contributed by atoms with E-state index in [0.29, 0.717) is 4.90 Å². The van der Waals surface area contributed by atoms with Crippen LogP contribution in [0.25, 0.3) is 0 Å². The zero-order chi connectivity index (χ0) is 12.8. The van der Waals surface area contributed by atoms with Gasteiger partial charge in [-0.3, -0.25) is 14.5 Å². The van der Waals surface area contributed by atoms with Gasteiger partial charge in [-0.05, 0) is 19.1 Å². The summed E-state index contributed by atoms with van der Waals surface area (Å²) in [5.74, 6) is -1.26. The predicted molar refractivity (Wildman–Crippen MR) is 59.5 cm³/mol. The molecule has 1 unspecified atom stereocenters. The van der Waals surface area contributed by atoms with E-state index in [4.69, 9.17) is 5.14 Å². The first-order chi connectivity index (χ1) is 7.84. The van der Waals surface area contributed by atoms with Gasteiger partial charge in [-0.1, -0.05) is 12.1 Å². The van der Waals surface area contributed by atoms with Crippen molar-refractivity contribution in [3.8, 4) is 0 Å². The summed E-state index contributed by atoms with van der Waals surface area (Å²) >= 11 is 0. The maximum atomic E-state index is 11.9. The molecule has 0 spiro atoms. The van der Waals surface area contributed by atoms with Crippen molar-refractivity contribution in [1.82, 2.24) is 4.90 Å². The second-order valence-electron chi connectivity index (χ2n) is 3.71. The van der Waals surface area contributed by atoms with E-state index in [2.05, 4.69) is 0 Å². The van der Waals surface area contributed by atoms with Crippen molar-refractivity contribution in [1.29, 1.82) is 0 Å². The highest BCUT2D eigenvalue weighted by atomic mass is 32.2. The lowest BCUT2D eigenvalue weighted by molar-refractivity contribution is 0.0640. The topological polar surface area (TPSA) is 97.5 Å². The monoisotopic (exact) mass is 254 g/mol. The molecular formula is C10H10N2O4S. The Morgan fingerprint density at radius 1 is 1.12 bits per heavy atom. The molecule has 1 atom stereocenters. The Morgan fingerprint density at radius 2 is 1.53 bits per heavy atom. The van der Waals surface area contributed by atoms with Gasteiger partial charge in [-0.25, -0.2) is 13.6 Å². The molecular weight excluding hydrogens is 244 g/mol. The van der Waals surface area contributed by atoms with E-state index in [9.17, 15) is 18.0 Å². The minimum Gasteiger partial charge on any atom is -0.269 e. The Labute approximate surface area is 98.1 Å². The van der Waals surface area contributed by atoms with E-state index in [1.165, 1.54) is 19.1 Å². The second-order valence-corrected chi connectivity index (χ2v) is 5.57. The molecule has 2 amide bonds. The number of carbonyl (C=O) groups is 2. The van der Waals surface area contributed by atoms with Crippen molar-refractivity contribution in [3.63, 3.8) is 0 Å². The lowest BCUT2D eigenvalue weighted by Crippen LogP contribution is -2.45. The van der Waals surface area contributed by atoms with E-state index < -0.39 is 27.2 Å². The van der Waals surface area contributed by atoms with Crippen LogP contribution in [0.15, 0.2) is 24.3 Å². The molecule has 0 saturated heterocycles. The van der Waals surface area contributed by atoms with Crippen molar-refractivity contribution in [3.05, 3.63) is 35.4 Å². The van der Waals surface area contributed by atoms with E-state index >= 15 is 0 Å². The summed E-state index contributed by atoms with van der Waals surface area (Å²) in [6.45, 7) is 1.21. The fourth-order valence-corrected chi connectivity index (χ4v) is 2.17. The molecule has 1 aromatic rings. The van der Waals surface area contributed by atoms with Crippen LogP contribution in [0.2, 0.25) is 0 Å². The van der Waals surface area contributed by atoms with Crippen LogP contribution in [0.3, 0.4) is 0 Å². The summed E-state index contributed by atoms with van der Waals surface area (Å²) in [5, 5.41) is 3.58. The van der Waals surface area contributed by atoms with Crippen LogP contribution >= 0.6 is 0 Å². The number of hydrogen-bond donors (Lipinski definition) is 1. The molecule has 6 nitrogen and oxygen atoms in total. The Bertz CT molecular complexity index is 573. The number of amides is 2. The molecule has 17 heavy (non-hydrogen) atoms. The first-order valence-corrected chi connectivity index (χ1v) is 6.43. The number of sulfonamides is 1. The molecule has 0 aromatic heterocycles. The Kier molecular flexibility index (Phi) is 2.52. The number of carbonyl (C=O) groups excluding carboxylic acids is 2. The van der Waals surface area contributed by atoms with Crippen molar-refractivity contribution >= 4 is 21.8 Å². The van der Waals surface area contributed by atoms with Crippen LogP contribution in [0.5, 0.6) is 0 Å². The summed E-state index contributed by atoms with van der Waals surface area (Å²) in [4.78, 5) is 24.4. The molecule has 1 heterocycles. The summed E-state index contributed by atoms with van der Waals surface area (Å²) in [7, 11) is -3.99. The summed E-state index contributed by atoms with van der Waals surface area (Å²) in [5.41, 5.74) is 0.404. The lowest BCUT2D eigenvalue weighted by atomic mass is 10.1. The fraction of sp³-hybridized carbons (Fsp3) is 0.200. The van der Waals surface area contributed by atoms with Gasteiger partial charge >= 0.3 is 0 Å². The molecule has 1 aromatic carbocycles. The van der Waals surface area contributed by atoms with Crippen molar-refractivity contribution < 1.29 is 18.0 Å². The highest BCUT2D eigenvalue weighted by Crippen LogP contribution is 2.25. The lowest BCUT2D eigenvalue weighted by Gasteiger charge is -2.19. The Morgan fingerprint density at radius 3 is 1.88 bits per heavy atom. The molecule has 90 valence electrons. The molecule has 7 heteroatoms. The van der Waals surface area contributed by atoms with Crippen LogP contribution in [0.1, 0.15) is 27.6 Å². The Balaban J connectivity index is 2.51. The highest BCUT2D eigenvalue weighted by Gasteiger charge is 2.41. The zero-order valence-corrected chi connectivity index (χ0v) is 9.77. The highest BCUT2D eigenvalue weighted by molar-refractivity contribution is 7.89. The van der Waals surface area contributed by atoms with E-state index in [0.717, 1.165) is 0 Å². The minimum atomic E-state index is -3.99. The number of fused-ring (bicyclic) bond motifs is 1. The standard InChI is InChI=1S/C10H10N2O4S/c1-6(17(11,15)16)12-9(13)7-4-2-3-5-8(7)10(12)14/h2-6H,1H3,(H2,11,15,16). The van der Waals surface area contributed by atoms with Gasteiger partial charge in [0.15, 0.2) is 5.37 Å². The molecule has 0 bridgehead atoms. The zero-order valence-electron chi connectivity index (χ0n) is 8.95. The first kappa shape index (κ1) is 11.7. The van der Waals surface area contributed by atoms with Crippen molar-refractivity contribution in [2.45, 2.75) is 12.3 Å². The third kappa shape index (κ3) is 1.73. The van der Waals surface area contributed by atoms with Gasteiger partial charge in [0.05, 0.1) is 11.1 Å². The molecule has 0 saturated carbocycles. The number of rotatable bonds is 2. The fourth-order valence-electron chi connectivity index (χ4n) is 1.69. The minimum absolute atomic E-state index is 0.202. The smallest absolute Gasteiger partial charge is 0.262 e. The van der Waals surface area contributed by atoms with Crippen molar-refractivity contribution in [2.75, 3.05) is 0 Å². The summed E-state index contributed by atoms with van der Waals surface area (Å²) in [6.07, 6.45) is 0. The quantitative estimate of drug-likeness (QED) is 0.746. The molecule has 0 aliphatic carbocycles. The number of primary sulfonamides is 1. The maximum absolute atomic E-state index is 11.9. The molecule has 0 radical (unpaired) electrons. The Hall–Kier alpha value is -1.73. The number of nitrogens with zero attached hydrogens (tertiary/aromatic N) is 1. The van der Waals surface area contributed by atoms with Crippen LogP contribution in [0.4, 0.5) is 0 Å². The number of hydrogen-bond acceptors (Lipinski definition) is 4. The SMILES string of the molecule is CC(N1C(=O)c2ccccc2C1=O)S(N)(=O)=O. The summed E-state index contributed by atoms with van der Waals surface area (Å²) < 4.78 is 22.4. The van der Waals surface area contributed by atoms with Gasteiger partial charge in [-0.15, -0.1) is 0 Å². The van der Waals surface area contributed by atoms with Crippen LogP contribution in [-0.2, 0) is 10.0 Å². The number of nitrogens with two attached hydrogens (primary N) is 1. The molecule has 2 rings (SSSR count). The number of benzene rings is 1. The maximum Gasteiger partial charge on any atom is 0.262 e. The van der Waals surface area contributed by atoms with Crippen LogP contribution in [0, 0.1) is 0 Å². The van der Waals surface area contributed by atoms with Crippen LogP contribution in [-0.4, -0.2) is 30.5 Å². The molecule has 1 aliphatic rings. The average molecular weight is 254 g/mol. The van der Waals surface area contributed by atoms with Crippen molar-refractivity contribution in [2.24, 2.45) is 5.14 Å². The normalized spacial score (nSPS) is 17.2. The third-order valence-electron chi connectivity index (χ3n) is 2.66. The third-order valence-corrected chi connectivity index (χ3v) is 3.83. The van der Waals surface area contributed by atoms with Gasteiger partial charge in [0, 0.05) is 0 Å². The second kappa shape index (κ2) is 3.64. The largest absolute Gasteiger partial charge is 0.269 e. The molecule has 2 N–H and O–H groups in total. The van der Waals surface area contributed by atoms with Crippen LogP contribution < -0.4 is 5.14 Å². The molecule has 1 aliphatic heterocycles. The van der Waals surface area contributed by atoms with Gasteiger partial charge in [-0.2, -0.15) is 0 Å². The molecule has 0 fully saturated rings. The van der Waals surface area contributed by atoms with Gasteiger partial charge in [0.25, 0.3) is 11.8 Å². The first-order valence-electron chi connectivity index (χ1n) is 4.82. The van der Waals surface area contributed by atoms with E-state index in [-0.39, 0.29) is 11.1 Å².